The first-order valence-electron chi connectivity index (χ1n) is 3.95. The van der Waals surface area contributed by atoms with Gasteiger partial charge in [0.05, 0.1) is 0 Å². The second kappa shape index (κ2) is 4.36. The molecule has 0 aromatic carbocycles. The third-order valence-electron chi connectivity index (χ3n) is 1.89. The number of hydrogen-bond acceptors (Lipinski definition) is 3. The Kier molecular flexibility index (Phi) is 3.41. The number of carbonyl (C=O) groups excluding carboxylic acids is 1. The molecule has 0 aromatic heterocycles. The molecule has 1 unspecified atom stereocenters. The minimum atomic E-state index is -0.934. The van der Waals surface area contributed by atoms with Crippen LogP contribution in [0.5, 0.6) is 0 Å². The van der Waals surface area contributed by atoms with Crippen molar-refractivity contribution in [2.75, 3.05) is 25.1 Å². The highest BCUT2D eigenvalue weighted by atomic mass is 32.2. The summed E-state index contributed by atoms with van der Waals surface area (Å²) in [4.78, 5) is 23.3. The van der Waals surface area contributed by atoms with Crippen LogP contribution in [0.1, 0.15) is 0 Å². The van der Waals surface area contributed by atoms with Crippen molar-refractivity contribution in [2.24, 2.45) is 0 Å². The summed E-state index contributed by atoms with van der Waals surface area (Å²) in [6.07, 6.45) is 0. The summed E-state index contributed by atoms with van der Waals surface area (Å²) < 4.78 is 0. The largest absolute Gasteiger partial charge is 0.480 e. The molecule has 2 amide bonds. The van der Waals surface area contributed by atoms with Gasteiger partial charge in [0.25, 0.3) is 0 Å². The van der Waals surface area contributed by atoms with Crippen molar-refractivity contribution < 1.29 is 14.7 Å². The van der Waals surface area contributed by atoms with E-state index in [-0.39, 0.29) is 6.03 Å². The Morgan fingerprint density at radius 2 is 2.31 bits per heavy atom. The second-order valence-electron chi connectivity index (χ2n) is 2.68. The lowest BCUT2D eigenvalue weighted by molar-refractivity contribution is -0.141. The van der Waals surface area contributed by atoms with Gasteiger partial charge in [-0.05, 0) is 0 Å². The number of carboxylic acids is 1. The molecule has 1 rings (SSSR count). The van der Waals surface area contributed by atoms with Gasteiger partial charge in [0, 0.05) is 25.1 Å². The van der Waals surface area contributed by atoms with Crippen LogP contribution in [0.3, 0.4) is 0 Å². The fraction of sp³-hybridized carbons (Fsp3) is 0.714. The summed E-state index contributed by atoms with van der Waals surface area (Å²) in [6, 6.07) is -0.994. The summed E-state index contributed by atoms with van der Waals surface area (Å²) in [7, 11) is 1.50. The standard InChI is InChI=1S/C7H12N2O3S/c1-8-7(12)9-2-3-13-4-5(9)6(10)11/h5H,2-4H2,1H3,(H,8,12)(H,10,11). The van der Waals surface area contributed by atoms with Crippen molar-refractivity contribution in [3.63, 3.8) is 0 Å². The molecule has 0 radical (unpaired) electrons. The maximum absolute atomic E-state index is 11.2. The van der Waals surface area contributed by atoms with Crippen LogP contribution >= 0.6 is 11.8 Å². The van der Waals surface area contributed by atoms with Crippen LogP contribution in [0.2, 0.25) is 0 Å². The predicted octanol–water partition coefficient (Wildman–Crippen LogP) is -0.172. The Labute approximate surface area is 80.5 Å². The molecule has 1 aliphatic rings. The van der Waals surface area contributed by atoms with Gasteiger partial charge in [0.15, 0.2) is 0 Å². The predicted molar refractivity (Wildman–Crippen MR) is 49.9 cm³/mol. The molecule has 0 aromatic rings. The van der Waals surface area contributed by atoms with Crippen LogP contribution in [0, 0.1) is 0 Å². The Morgan fingerprint density at radius 3 is 2.85 bits per heavy atom. The lowest BCUT2D eigenvalue weighted by Gasteiger charge is -2.31. The molecule has 1 aliphatic heterocycles. The van der Waals surface area contributed by atoms with E-state index in [2.05, 4.69) is 5.32 Å². The Balaban J connectivity index is 2.67. The molecule has 0 bridgehead atoms. The van der Waals surface area contributed by atoms with E-state index in [0.717, 1.165) is 5.75 Å². The molecule has 13 heavy (non-hydrogen) atoms. The first-order chi connectivity index (χ1) is 6.16. The maximum Gasteiger partial charge on any atom is 0.327 e. The van der Waals surface area contributed by atoms with Gasteiger partial charge >= 0.3 is 12.0 Å². The summed E-state index contributed by atoms with van der Waals surface area (Å²) in [5, 5.41) is 11.3. The summed E-state index contributed by atoms with van der Waals surface area (Å²) >= 11 is 1.56. The van der Waals surface area contributed by atoms with Gasteiger partial charge in [0.2, 0.25) is 0 Å². The number of hydrogen-bond donors (Lipinski definition) is 2. The monoisotopic (exact) mass is 204 g/mol. The topological polar surface area (TPSA) is 69.6 Å². The quantitative estimate of drug-likeness (QED) is 0.622. The number of carboxylic acid groups (broad SMARTS) is 1. The van der Waals surface area contributed by atoms with Gasteiger partial charge in [-0.3, -0.25) is 0 Å². The molecule has 5 nitrogen and oxygen atoms in total. The number of aliphatic carboxylic acids is 1. The number of nitrogens with zero attached hydrogens (tertiary/aromatic N) is 1. The van der Waals surface area contributed by atoms with Crippen LogP contribution in [-0.4, -0.2) is 53.1 Å². The number of rotatable bonds is 1. The van der Waals surface area contributed by atoms with Crippen molar-refractivity contribution in [1.82, 2.24) is 10.2 Å². The lowest BCUT2D eigenvalue weighted by Crippen LogP contribution is -2.53. The molecule has 2 N–H and O–H groups in total. The number of urea groups is 1. The molecule has 1 saturated heterocycles. The van der Waals surface area contributed by atoms with E-state index in [1.165, 1.54) is 11.9 Å². The highest BCUT2D eigenvalue weighted by Gasteiger charge is 2.31. The van der Waals surface area contributed by atoms with Crippen molar-refractivity contribution in [3.05, 3.63) is 0 Å². The zero-order chi connectivity index (χ0) is 9.84. The van der Waals surface area contributed by atoms with Gasteiger partial charge in [-0.25, -0.2) is 9.59 Å². The normalized spacial score (nSPS) is 22.5. The molecule has 1 atom stereocenters. The molecule has 0 spiro atoms. The minimum absolute atomic E-state index is 0.312. The van der Waals surface area contributed by atoms with E-state index in [4.69, 9.17) is 5.11 Å². The van der Waals surface area contributed by atoms with Crippen LogP contribution in [-0.2, 0) is 4.79 Å². The smallest absolute Gasteiger partial charge is 0.327 e. The average molecular weight is 204 g/mol. The summed E-state index contributed by atoms with van der Waals surface area (Å²) in [6.45, 7) is 0.501. The zero-order valence-electron chi connectivity index (χ0n) is 7.32. The van der Waals surface area contributed by atoms with Crippen LogP contribution < -0.4 is 5.32 Å². The van der Waals surface area contributed by atoms with Crippen molar-refractivity contribution in [2.45, 2.75) is 6.04 Å². The molecule has 0 saturated carbocycles. The molecule has 6 heteroatoms. The van der Waals surface area contributed by atoms with Gasteiger partial charge in [-0.2, -0.15) is 11.8 Å². The van der Waals surface area contributed by atoms with E-state index >= 15 is 0 Å². The van der Waals surface area contributed by atoms with Crippen molar-refractivity contribution in [1.29, 1.82) is 0 Å². The van der Waals surface area contributed by atoms with Gasteiger partial charge < -0.3 is 15.3 Å². The summed E-state index contributed by atoms with van der Waals surface area (Å²) in [5.41, 5.74) is 0. The second-order valence-corrected chi connectivity index (χ2v) is 3.83. The molecular formula is C7H12N2O3S. The van der Waals surface area contributed by atoms with E-state index in [1.54, 1.807) is 11.8 Å². The van der Waals surface area contributed by atoms with Crippen molar-refractivity contribution in [3.8, 4) is 0 Å². The SMILES string of the molecule is CNC(=O)N1CCSCC1C(=O)O. The van der Waals surface area contributed by atoms with E-state index in [1.807, 2.05) is 0 Å². The number of carbonyl (C=O) groups is 2. The maximum atomic E-state index is 11.2. The van der Waals surface area contributed by atoms with Gasteiger partial charge in [-0.1, -0.05) is 0 Å². The molecule has 1 fully saturated rings. The molecule has 1 heterocycles. The van der Waals surface area contributed by atoms with Gasteiger partial charge in [0.1, 0.15) is 6.04 Å². The van der Waals surface area contributed by atoms with Gasteiger partial charge in [-0.15, -0.1) is 0 Å². The highest BCUT2D eigenvalue weighted by molar-refractivity contribution is 7.99. The highest BCUT2D eigenvalue weighted by Crippen LogP contribution is 2.16. The number of nitrogens with one attached hydrogen (secondary N) is 1. The van der Waals surface area contributed by atoms with E-state index in [0.29, 0.717) is 12.3 Å². The Morgan fingerprint density at radius 1 is 1.62 bits per heavy atom. The molecule has 74 valence electrons. The average Bonchev–Trinajstić information content (AvgIpc) is 2.16. The van der Waals surface area contributed by atoms with Crippen LogP contribution in [0.4, 0.5) is 4.79 Å². The first kappa shape index (κ1) is 10.2. The third-order valence-corrected chi connectivity index (χ3v) is 2.91. The fourth-order valence-corrected chi connectivity index (χ4v) is 2.23. The summed E-state index contributed by atoms with van der Waals surface area (Å²) in [5.74, 6) is 0.343. The third kappa shape index (κ3) is 2.27. The zero-order valence-corrected chi connectivity index (χ0v) is 8.13. The Bertz CT molecular complexity index is 222. The fourth-order valence-electron chi connectivity index (χ4n) is 1.19. The lowest BCUT2D eigenvalue weighted by atomic mass is 10.3. The van der Waals surface area contributed by atoms with E-state index in [9.17, 15) is 9.59 Å². The number of thioether (sulfide) groups is 1. The van der Waals surface area contributed by atoms with Crippen LogP contribution in [0.25, 0.3) is 0 Å². The molecule has 0 aliphatic carbocycles. The minimum Gasteiger partial charge on any atom is -0.480 e. The van der Waals surface area contributed by atoms with Crippen LogP contribution in [0.15, 0.2) is 0 Å². The van der Waals surface area contributed by atoms with Crippen molar-refractivity contribution >= 4 is 23.8 Å². The van der Waals surface area contributed by atoms with E-state index < -0.39 is 12.0 Å². The Hall–Kier alpha value is -0.910. The molecular weight excluding hydrogens is 192 g/mol. The first-order valence-corrected chi connectivity index (χ1v) is 5.11. The number of amides is 2.